The minimum atomic E-state index is -1.00. The van der Waals surface area contributed by atoms with Gasteiger partial charge in [0.1, 0.15) is 6.04 Å². The van der Waals surface area contributed by atoms with E-state index in [4.69, 9.17) is 4.74 Å². The Balaban J connectivity index is 1.76. The van der Waals surface area contributed by atoms with Gasteiger partial charge in [-0.2, -0.15) is 0 Å². The molecule has 3 aromatic carbocycles. The number of aliphatic hydroxyl groups excluding tert-OH is 1. The number of H-pyrrole nitrogens is 1. The Labute approximate surface area is 247 Å². The second-order valence-electron chi connectivity index (χ2n) is 10.1. The largest absolute Gasteiger partial charge is 0.466 e. The van der Waals surface area contributed by atoms with Crippen molar-refractivity contribution in [2.75, 3.05) is 18.5 Å². The van der Waals surface area contributed by atoms with Gasteiger partial charge in [0.25, 0.3) is 11.2 Å². The molecular weight excluding hydrogens is 554 g/mol. The Bertz CT molecular complexity index is 1700. The fourth-order valence-corrected chi connectivity index (χ4v) is 5.07. The number of benzene rings is 3. The van der Waals surface area contributed by atoms with Crippen LogP contribution in [0.5, 0.6) is 0 Å². The molecule has 0 fully saturated rings. The molecule has 1 aromatic heterocycles. The summed E-state index contributed by atoms with van der Waals surface area (Å²) in [5.74, 6) is -1.10. The van der Waals surface area contributed by atoms with Crippen molar-refractivity contribution < 1.29 is 24.4 Å². The van der Waals surface area contributed by atoms with Crippen LogP contribution in [0, 0.1) is 24.0 Å². The monoisotopic (exact) mass is 587 g/mol. The van der Waals surface area contributed by atoms with Crippen LogP contribution in [0.1, 0.15) is 53.2 Å². The number of aliphatic hydroxyl groups is 1. The summed E-state index contributed by atoms with van der Waals surface area (Å²) >= 11 is 0. The average Bonchev–Trinajstić information content (AvgIpc) is 2.97. The Morgan fingerprint density at radius 3 is 2.51 bits per heavy atom. The van der Waals surface area contributed by atoms with Crippen LogP contribution in [0.25, 0.3) is 10.9 Å². The molecule has 0 aliphatic heterocycles. The molecule has 0 radical (unpaired) electrons. The van der Waals surface area contributed by atoms with E-state index in [9.17, 15) is 29.6 Å². The van der Waals surface area contributed by atoms with Crippen LogP contribution >= 0.6 is 0 Å². The molecule has 0 spiro atoms. The zero-order valence-electron chi connectivity index (χ0n) is 24.0. The van der Waals surface area contributed by atoms with Crippen LogP contribution in [0.15, 0.2) is 65.7 Å². The van der Waals surface area contributed by atoms with Gasteiger partial charge in [0.05, 0.1) is 41.2 Å². The topological polar surface area (TPSA) is 177 Å². The number of ether oxygens (including phenoxy) is 1. The molecule has 2 atom stereocenters. The van der Waals surface area contributed by atoms with Gasteiger partial charge in [0.2, 0.25) is 5.91 Å². The summed E-state index contributed by atoms with van der Waals surface area (Å²) in [5, 5.41) is 27.4. The molecular formula is C31H33N5O7. The highest BCUT2D eigenvalue weighted by molar-refractivity contribution is 5.88. The second-order valence-corrected chi connectivity index (χ2v) is 10.1. The Morgan fingerprint density at radius 1 is 1.09 bits per heavy atom. The summed E-state index contributed by atoms with van der Waals surface area (Å²) in [6, 6.07) is 12.4. The Kier molecular flexibility index (Phi) is 9.83. The average molecular weight is 588 g/mol. The van der Waals surface area contributed by atoms with E-state index in [1.54, 1.807) is 31.2 Å². The molecule has 0 bridgehead atoms. The van der Waals surface area contributed by atoms with Gasteiger partial charge in [-0.1, -0.05) is 24.3 Å². The highest BCUT2D eigenvalue weighted by Crippen LogP contribution is 2.29. The van der Waals surface area contributed by atoms with E-state index in [1.165, 1.54) is 24.5 Å². The Morgan fingerprint density at radius 2 is 1.84 bits per heavy atom. The van der Waals surface area contributed by atoms with E-state index in [2.05, 4.69) is 20.6 Å². The number of amides is 1. The number of nitro benzene ring substituents is 1. The van der Waals surface area contributed by atoms with E-state index >= 15 is 0 Å². The van der Waals surface area contributed by atoms with Crippen LogP contribution in [-0.4, -0.2) is 45.1 Å². The summed E-state index contributed by atoms with van der Waals surface area (Å²) in [6.45, 7) is 5.55. The van der Waals surface area contributed by atoms with Crippen molar-refractivity contribution in [3.63, 3.8) is 0 Å². The maximum absolute atomic E-state index is 14.1. The normalized spacial score (nSPS) is 12.4. The molecule has 0 aliphatic carbocycles. The highest BCUT2D eigenvalue weighted by atomic mass is 16.6. The summed E-state index contributed by atoms with van der Waals surface area (Å²) in [5.41, 5.74) is 4.12. The number of carbonyl (C=O) groups is 2. The van der Waals surface area contributed by atoms with Gasteiger partial charge in [-0.3, -0.25) is 24.5 Å². The number of nitro groups is 1. The van der Waals surface area contributed by atoms with Crippen molar-refractivity contribution in [2.45, 2.75) is 45.7 Å². The van der Waals surface area contributed by atoms with Crippen molar-refractivity contribution in [1.82, 2.24) is 15.3 Å². The minimum Gasteiger partial charge on any atom is -0.466 e. The van der Waals surface area contributed by atoms with E-state index in [1.807, 2.05) is 26.0 Å². The van der Waals surface area contributed by atoms with Crippen LogP contribution < -0.4 is 16.2 Å². The number of nitrogens with zero attached hydrogens (tertiary/aromatic N) is 2. The zero-order chi connectivity index (χ0) is 31.1. The lowest BCUT2D eigenvalue weighted by Gasteiger charge is -2.25. The van der Waals surface area contributed by atoms with Crippen LogP contribution in [-0.2, 0) is 20.7 Å². The fraction of sp³-hybridized carbons (Fsp3) is 0.290. The molecule has 43 heavy (non-hydrogen) atoms. The molecule has 1 heterocycles. The fourth-order valence-electron chi connectivity index (χ4n) is 5.07. The number of rotatable bonds is 12. The lowest BCUT2D eigenvalue weighted by Crippen LogP contribution is -2.37. The molecule has 4 rings (SSSR count). The van der Waals surface area contributed by atoms with E-state index in [-0.39, 0.29) is 30.9 Å². The van der Waals surface area contributed by atoms with E-state index < -0.39 is 28.9 Å². The second kappa shape index (κ2) is 13.7. The zero-order valence-corrected chi connectivity index (χ0v) is 24.0. The van der Waals surface area contributed by atoms with E-state index in [0.29, 0.717) is 34.1 Å². The minimum absolute atomic E-state index is 0.0262. The third-order valence-corrected chi connectivity index (χ3v) is 7.10. The number of hydrogen-bond acceptors (Lipinski definition) is 9. The molecule has 224 valence electrons. The standard InChI is InChI=1S/C31H33N5O7/c1-4-43-28(38)16-27(20-6-5-7-23(14-20)36(41)42)35-31(40)29(21-12-18(2)24(10-11-37)19(3)13-21)34-22-8-9-26-25(15-22)30(39)33-17-32-26/h5-9,12-15,17,27,29,34,37H,4,10-11,16H2,1-3H3,(H,35,40)(H,32,33,39). The number of non-ortho nitro benzene ring substituents is 1. The molecule has 12 nitrogen and oxygen atoms in total. The van der Waals surface area contributed by atoms with Gasteiger partial charge in [-0.05, 0) is 73.2 Å². The summed E-state index contributed by atoms with van der Waals surface area (Å²) < 4.78 is 5.11. The third-order valence-electron chi connectivity index (χ3n) is 7.10. The molecule has 1 amide bonds. The number of aryl methyl sites for hydroxylation is 2. The maximum atomic E-state index is 14.1. The number of hydrogen-bond donors (Lipinski definition) is 4. The van der Waals surface area contributed by atoms with Crippen molar-refractivity contribution in [1.29, 1.82) is 0 Å². The lowest BCUT2D eigenvalue weighted by atomic mass is 9.93. The van der Waals surface area contributed by atoms with Crippen LogP contribution in [0.2, 0.25) is 0 Å². The summed E-state index contributed by atoms with van der Waals surface area (Å²) in [4.78, 5) is 56.6. The lowest BCUT2D eigenvalue weighted by molar-refractivity contribution is -0.384. The highest BCUT2D eigenvalue weighted by Gasteiger charge is 2.28. The smallest absolute Gasteiger partial charge is 0.308 e. The van der Waals surface area contributed by atoms with Crippen molar-refractivity contribution in [3.8, 4) is 0 Å². The first-order chi connectivity index (χ1) is 20.6. The predicted molar refractivity (Wildman–Crippen MR) is 161 cm³/mol. The third kappa shape index (κ3) is 7.41. The van der Waals surface area contributed by atoms with Gasteiger partial charge < -0.3 is 25.5 Å². The van der Waals surface area contributed by atoms with Gasteiger partial charge in [0, 0.05) is 24.4 Å². The van der Waals surface area contributed by atoms with Crippen LogP contribution in [0.3, 0.4) is 0 Å². The van der Waals surface area contributed by atoms with Gasteiger partial charge in [-0.15, -0.1) is 0 Å². The van der Waals surface area contributed by atoms with Crippen molar-refractivity contribution in [3.05, 3.63) is 109 Å². The van der Waals surface area contributed by atoms with Gasteiger partial charge in [0.15, 0.2) is 0 Å². The molecule has 12 heteroatoms. The molecule has 4 N–H and O–H groups in total. The quantitative estimate of drug-likeness (QED) is 0.109. The van der Waals surface area contributed by atoms with Crippen molar-refractivity contribution >= 4 is 34.2 Å². The molecule has 2 unspecified atom stereocenters. The SMILES string of the molecule is CCOC(=O)CC(NC(=O)C(Nc1ccc2nc[nH]c(=O)c2c1)c1cc(C)c(CCO)c(C)c1)c1cccc([N+](=O)[O-])c1. The first-order valence-corrected chi connectivity index (χ1v) is 13.8. The number of aromatic nitrogens is 2. The van der Waals surface area contributed by atoms with E-state index in [0.717, 1.165) is 16.7 Å². The Hall–Kier alpha value is -5.10. The predicted octanol–water partition coefficient (Wildman–Crippen LogP) is 3.95. The number of aromatic amines is 1. The molecule has 4 aromatic rings. The van der Waals surface area contributed by atoms with Gasteiger partial charge in [-0.25, -0.2) is 4.98 Å². The number of esters is 1. The first kappa shape index (κ1) is 30.8. The molecule has 0 aliphatic rings. The molecule has 0 saturated carbocycles. The number of nitrogens with one attached hydrogen (secondary N) is 3. The van der Waals surface area contributed by atoms with Crippen molar-refractivity contribution in [2.24, 2.45) is 0 Å². The van der Waals surface area contributed by atoms with Gasteiger partial charge >= 0.3 is 5.97 Å². The number of anilines is 1. The molecule has 0 saturated heterocycles. The maximum Gasteiger partial charge on any atom is 0.308 e. The summed E-state index contributed by atoms with van der Waals surface area (Å²) in [7, 11) is 0. The first-order valence-electron chi connectivity index (χ1n) is 13.8. The summed E-state index contributed by atoms with van der Waals surface area (Å²) in [6.07, 6.45) is 1.51. The number of carbonyl (C=O) groups excluding carboxylic acids is 2. The number of fused-ring (bicyclic) bond motifs is 1. The van der Waals surface area contributed by atoms with Crippen LogP contribution in [0.4, 0.5) is 11.4 Å².